The number of amides is 1. The van der Waals surface area contributed by atoms with E-state index in [9.17, 15) is 13.2 Å². The first-order valence-corrected chi connectivity index (χ1v) is 11.8. The van der Waals surface area contributed by atoms with E-state index < -0.39 is 16.1 Å². The molecule has 0 aromatic heterocycles. The van der Waals surface area contributed by atoms with Crippen molar-refractivity contribution in [1.82, 2.24) is 0 Å². The van der Waals surface area contributed by atoms with Crippen LogP contribution in [0.1, 0.15) is 29.2 Å². The molecule has 3 rings (SSSR count). The average molecular weight is 453 g/mol. The summed E-state index contributed by atoms with van der Waals surface area (Å²) in [7, 11) is -3.75. The zero-order valence-electron chi connectivity index (χ0n) is 18.9. The summed E-state index contributed by atoms with van der Waals surface area (Å²) >= 11 is 0. The van der Waals surface area contributed by atoms with Crippen LogP contribution in [0.15, 0.2) is 65.6 Å². The Balaban J connectivity index is 1.67. The van der Waals surface area contributed by atoms with Crippen LogP contribution < -0.4 is 14.8 Å². The Morgan fingerprint density at radius 2 is 1.41 bits per heavy atom. The summed E-state index contributed by atoms with van der Waals surface area (Å²) in [5.41, 5.74) is 4.84. The molecule has 0 bridgehead atoms. The predicted octanol–water partition coefficient (Wildman–Crippen LogP) is 5.13. The van der Waals surface area contributed by atoms with Crippen molar-refractivity contribution in [2.45, 2.75) is 45.6 Å². The number of para-hydroxylation sites is 1. The zero-order chi connectivity index (χ0) is 23.5. The van der Waals surface area contributed by atoms with Crippen LogP contribution in [0.3, 0.4) is 0 Å². The van der Waals surface area contributed by atoms with Crippen LogP contribution in [0.25, 0.3) is 0 Å². The molecule has 1 unspecified atom stereocenters. The van der Waals surface area contributed by atoms with Crippen LogP contribution in [-0.2, 0) is 14.8 Å². The lowest BCUT2D eigenvalue weighted by Crippen LogP contribution is -2.30. The molecule has 3 aromatic rings. The van der Waals surface area contributed by atoms with Crippen LogP contribution in [-0.4, -0.2) is 20.4 Å². The van der Waals surface area contributed by atoms with E-state index >= 15 is 0 Å². The smallest absolute Gasteiger partial charge is 0.265 e. The molecule has 1 atom stereocenters. The van der Waals surface area contributed by atoms with E-state index in [-0.39, 0.29) is 10.8 Å². The maximum absolute atomic E-state index is 12.7. The maximum Gasteiger partial charge on any atom is 0.265 e. The Morgan fingerprint density at radius 1 is 0.844 bits per heavy atom. The molecular formula is C25H28N2O4S. The molecule has 0 heterocycles. The summed E-state index contributed by atoms with van der Waals surface area (Å²) in [6.07, 6.45) is -0.718. The molecule has 1 amide bonds. The normalized spacial score (nSPS) is 12.2. The number of aryl methyl sites for hydroxylation is 4. The van der Waals surface area contributed by atoms with Gasteiger partial charge in [0, 0.05) is 11.4 Å². The molecule has 0 saturated carbocycles. The van der Waals surface area contributed by atoms with Gasteiger partial charge in [0.05, 0.1) is 4.90 Å². The van der Waals surface area contributed by atoms with Gasteiger partial charge >= 0.3 is 0 Å². The van der Waals surface area contributed by atoms with E-state index in [1.54, 1.807) is 31.2 Å². The highest BCUT2D eigenvalue weighted by Gasteiger charge is 2.18. The summed E-state index contributed by atoms with van der Waals surface area (Å²) in [6, 6.07) is 17.3. The minimum atomic E-state index is -3.75. The number of ether oxygens (including phenoxy) is 1. The van der Waals surface area contributed by atoms with Crippen molar-refractivity contribution in [2.75, 3.05) is 10.0 Å². The zero-order valence-corrected chi connectivity index (χ0v) is 19.7. The molecule has 3 aromatic carbocycles. The number of carbonyl (C=O) groups is 1. The Morgan fingerprint density at radius 3 is 1.97 bits per heavy atom. The van der Waals surface area contributed by atoms with Gasteiger partial charge in [-0.25, -0.2) is 8.42 Å². The fraction of sp³-hybridized carbons (Fsp3) is 0.240. The summed E-state index contributed by atoms with van der Waals surface area (Å²) in [6.45, 7) is 9.35. The van der Waals surface area contributed by atoms with Gasteiger partial charge in [-0.1, -0.05) is 24.3 Å². The Bertz CT molecular complexity index is 1190. The quantitative estimate of drug-likeness (QED) is 0.521. The number of hydrogen-bond donors (Lipinski definition) is 2. The van der Waals surface area contributed by atoms with E-state index in [2.05, 4.69) is 10.0 Å². The third kappa shape index (κ3) is 5.68. The topological polar surface area (TPSA) is 84.5 Å². The summed E-state index contributed by atoms with van der Waals surface area (Å²) in [4.78, 5) is 12.7. The molecule has 0 aliphatic carbocycles. The van der Waals surface area contributed by atoms with Gasteiger partial charge in [0.1, 0.15) is 5.75 Å². The van der Waals surface area contributed by atoms with Crippen molar-refractivity contribution in [2.24, 2.45) is 0 Å². The van der Waals surface area contributed by atoms with Gasteiger partial charge in [-0.2, -0.15) is 0 Å². The second-order valence-electron chi connectivity index (χ2n) is 7.98. The lowest BCUT2D eigenvalue weighted by Gasteiger charge is -2.18. The third-order valence-electron chi connectivity index (χ3n) is 4.98. The molecular weight excluding hydrogens is 424 g/mol. The van der Waals surface area contributed by atoms with Crippen molar-refractivity contribution in [3.8, 4) is 5.75 Å². The molecule has 0 radical (unpaired) electrons. The third-order valence-corrected chi connectivity index (χ3v) is 6.38. The number of nitrogens with one attached hydrogen (secondary N) is 2. The van der Waals surface area contributed by atoms with Crippen LogP contribution in [0.5, 0.6) is 5.75 Å². The summed E-state index contributed by atoms with van der Waals surface area (Å²) < 4.78 is 33.9. The largest absolute Gasteiger partial charge is 0.480 e. The van der Waals surface area contributed by atoms with E-state index in [0.29, 0.717) is 17.1 Å². The fourth-order valence-corrected chi connectivity index (χ4v) is 4.46. The van der Waals surface area contributed by atoms with E-state index in [1.165, 1.54) is 12.1 Å². The molecule has 168 valence electrons. The molecule has 0 aliphatic heterocycles. The number of benzene rings is 3. The SMILES string of the molecule is Cc1cc(C)cc(NS(=O)(=O)c2ccc(NC(=O)C(C)Oc3c(C)cccc3C)cc2)c1. The molecule has 32 heavy (non-hydrogen) atoms. The fourth-order valence-electron chi connectivity index (χ4n) is 3.42. The number of carbonyl (C=O) groups excluding carboxylic acids is 1. The Kier molecular flexibility index (Phi) is 6.89. The van der Waals surface area contributed by atoms with E-state index in [0.717, 1.165) is 22.3 Å². The van der Waals surface area contributed by atoms with Crippen molar-refractivity contribution < 1.29 is 17.9 Å². The van der Waals surface area contributed by atoms with Gasteiger partial charge in [0.2, 0.25) is 0 Å². The van der Waals surface area contributed by atoms with Crippen LogP contribution in [0.4, 0.5) is 11.4 Å². The molecule has 2 N–H and O–H groups in total. The molecule has 7 heteroatoms. The first-order chi connectivity index (χ1) is 15.0. The standard InChI is InChI=1S/C25H28N2O4S/c1-16-13-17(2)15-22(14-16)27-32(29,30)23-11-9-21(10-12-23)26-25(28)20(5)31-24-18(3)7-6-8-19(24)4/h6-15,20,27H,1-5H3,(H,26,28). The van der Waals surface area contributed by atoms with Crippen LogP contribution in [0, 0.1) is 27.7 Å². The minimum Gasteiger partial charge on any atom is -0.480 e. The number of sulfonamides is 1. The molecule has 0 saturated heterocycles. The van der Waals surface area contributed by atoms with Gasteiger partial charge in [-0.05, 0) is 93.3 Å². The minimum absolute atomic E-state index is 0.106. The monoisotopic (exact) mass is 452 g/mol. The van der Waals surface area contributed by atoms with Crippen LogP contribution >= 0.6 is 0 Å². The second-order valence-corrected chi connectivity index (χ2v) is 9.66. The lowest BCUT2D eigenvalue weighted by molar-refractivity contribution is -0.122. The number of rotatable bonds is 7. The molecule has 0 spiro atoms. The number of anilines is 2. The summed E-state index contributed by atoms with van der Waals surface area (Å²) in [5.74, 6) is 0.366. The van der Waals surface area contributed by atoms with Gasteiger partial charge in [0.15, 0.2) is 6.10 Å². The second kappa shape index (κ2) is 9.44. The van der Waals surface area contributed by atoms with Gasteiger partial charge in [-0.15, -0.1) is 0 Å². The van der Waals surface area contributed by atoms with Crippen molar-refractivity contribution in [1.29, 1.82) is 0 Å². The first kappa shape index (κ1) is 23.3. The first-order valence-electron chi connectivity index (χ1n) is 10.3. The van der Waals surface area contributed by atoms with E-state index in [4.69, 9.17) is 4.74 Å². The van der Waals surface area contributed by atoms with Gasteiger partial charge in [0.25, 0.3) is 15.9 Å². The highest BCUT2D eigenvalue weighted by Crippen LogP contribution is 2.24. The Labute approximate surface area is 189 Å². The average Bonchev–Trinajstić information content (AvgIpc) is 2.70. The number of hydrogen-bond acceptors (Lipinski definition) is 4. The van der Waals surface area contributed by atoms with E-state index in [1.807, 2.05) is 52.0 Å². The predicted molar refractivity (Wildman–Crippen MR) is 128 cm³/mol. The molecule has 0 fully saturated rings. The molecule has 0 aliphatic rings. The van der Waals surface area contributed by atoms with Gasteiger partial charge in [-0.3, -0.25) is 9.52 Å². The van der Waals surface area contributed by atoms with Crippen molar-refractivity contribution in [3.05, 3.63) is 82.9 Å². The highest BCUT2D eigenvalue weighted by atomic mass is 32.2. The van der Waals surface area contributed by atoms with Crippen LogP contribution in [0.2, 0.25) is 0 Å². The van der Waals surface area contributed by atoms with Crippen molar-refractivity contribution >= 4 is 27.3 Å². The summed E-state index contributed by atoms with van der Waals surface area (Å²) in [5, 5.41) is 2.76. The van der Waals surface area contributed by atoms with Crippen molar-refractivity contribution in [3.63, 3.8) is 0 Å². The molecule has 6 nitrogen and oxygen atoms in total. The lowest BCUT2D eigenvalue weighted by atomic mass is 10.1. The Hall–Kier alpha value is -3.32. The maximum atomic E-state index is 12.7. The van der Waals surface area contributed by atoms with Gasteiger partial charge < -0.3 is 10.1 Å². The highest BCUT2D eigenvalue weighted by molar-refractivity contribution is 7.92.